The van der Waals surface area contributed by atoms with E-state index in [0.717, 1.165) is 39.5 Å². The Morgan fingerprint density at radius 1 is 1.16 bits per heavy atom. The third-order valence-corrected chi connectivity index (χ3v) is 6.94. The molecule has 0 spiro atoms. The van der Waals surface area contributed by atoms with Gasteiger partial charge in [-0.1, -0.05) is 23.9 Å². The zero-order valence-corrected chi connectivity index (χ0v) is 16.3. The lowest BCUT2D eigenvalue weighted by molar-refractivity contribution is 0.102. The molecule has 3 nitrogen and oxygen atoms in total. The second-order valence-electron chi connectivity index (χ2n) is 6.59. The lowest BCUT2D eigenvalue weighted by Gasteiger charge is -2.06. The van der Waals surface area contributed by atoms with E-state index < -0.39 is 0 Å². The van der Waals surface area contributed by atoms with Crippen molar-refractivity contribution in [2.24, 2.45) is 0 Å². The molecule has 3 aromatic rings. The number of carbonyl (C=O) groups excluding carboxylic acids is 1. The van der Waals surface area contributed by atoms with Crippen LogP contribution >= 0.6 is 23.1 Å². The highest BCUT2D eigenvalue weighted by Gasteiger charge is 2.17. The lowest BCUT2D eigenvalue weighted by Crippen LogP contribution is -2.04. The third kappa shape index (κ3) is 3.11. The maximum atomic E-state index is 12.7. The Morgan fingerprint density at radius 2 is 1.96 bits per heavy atom. The smallest absolute Gasteiger partial charge is 0.173 e. The minimum Gasteiger partial charge on any atom is -0.293 e. The number of carbonyl (C=O) groups is 1. The average molecular weight is 369 g/mol. The van der Waals surface area contributed by atoms with Crippen molar-refractivity contribution in [3.8, 4) is 0 Å². The first kappa shape index (κ1) is 16.7. The molecule has 0 amide bonds. The zero-order valence-electron chi connectivity index (χ0n) is 14.7. The van der Waals surface area contributed by atoms with Gasteiger partial charge < -0.3 is 0 Å². The van der Waals surface area contributed by atoms with Crippen LogP contribution in [-0.2, 0) is 12.8 Å². The van der Waals surface area contributed by atoms with Crippen molar-refractivity contribution >= 4 is 39.1 Å². The van der Waals surface area contributed by atoms with E-state index in [0.29, 0.717) is 5.75 Å². The van der Waals surface area contributed by atoms with Crippen LogP contribution in [0.5, 0.6) is 0 Å². The lowest BCUT2D eigenvalue weighted by atomic mass is 10.0. The summed E-state index contributed by atoms with van der Waals surface area (Å²) in [4.78, 5) is 24.1. The van der Waals surface area contributed by atoms with Crippen LogP contribution in [0.4, 0.5) is 0 Å². The summed E-state index contributed by atoms with van der Waals surface area (Å²) in [5.74, 6) is 1.36. The molecule has 1 aliphatic rings. The van der Waals surface area contributed by atoms with Gasteiger partial charge in [-0.25, -0.2) is 9.97 Å². The number of hydrogen-bond donors (Lipinski definition) is 0. The summed E-state index contributed by atoms with van der Waals surface area (Å²) in [5.41, 5.74) is 4.81. The van der Waals surface area contributed by atoms with Gasteiger partial charge in [0.15, 0.2) is 5.78 Å². The van der Waals surface area contributed by atoms with Crippen LogP contribution in [0.2, 0.25) is 0 Å². The van der Waals surface area contributed by atoms with Crippen molar-refractivity contribution in [2.75, 3.05) is 5.75 Å². The number of thiophene rings is 1. The molecule has 0 saturated carbocycles. The molecule has 0 bridgehead atoms. The van der Waals surface area contributed by atoms with E-state index >= 15 is 0 Å². The Morgan fingerprint density at radius 3 is 2.80 bits per heavy atom. The Labute approximate surface area is 155 Å². The average Bonchev–Trinajstić information content (AvgIpc) is 3.16. The molecular formula is C20H20N2OS2. The number of aromatic nitrogens is 2. The molecule has 25 heavy (non-hydrogen) atoms. The molecule has 0 radical (unpaired) electrons. The van der Waals surface area contributed by atoms with Crippen molar-refractivity contribution in [3.63, 3.8) is 0 Å². The minimum atomic E-state index is 0.175. The van der Waals surface area contributed by atoms with E-state index in [1.54, 1.807) is 11.3 Å². The maximum Gasteiger partial charge on any atom is 0.173 e. The number of thioether (sulfide) groups is 1. The Kier molecular flexibility index (Phi) is 4.38. The second kappa shape index (κ2) is 6.54. The summed E-state index contributed by atoms with van der Waals surface area (Å²) in [6, 6.07) is 6.19. The van der Waals surface area contributed by atoms with Crippen LogP contribution in [0.1, 0.15) is 44.2 Å². The molecule has 5 heteroatoms. The number of aryl methyl sites for hydroxylation is 5. The van der Waals surface area contributed by atoms with Crippen LogP contribution in [0.25, 0.3) is 10.2 Å². The molecule has 128 valence electrons. The van der Waals surface area contributed by atoms with Crippen LogP contribution in [-0.4, -0.2) is 21.5 Å². The number of ketones is 1. The van der Waals surface area contributed by atoms with Gasteiger partial charge in [0.1, 0.15) is 15.7 Å². The molecule has 0 atom stereocenters. The summed E-state index contributed by atoms with van der Waals surface area (Å²) in [6.07, 6.45) is 3.45. The first-order valence-electron chi connectivity index (χ1n) is 8.55. The number of nitrogens with zero attached hydrogens (tertiary/aromatic N) is 2. The van der Waals surface area contributed by atoms with Crippen LogP contribution < -0.4 is 0 Å². The standard InChI is InChI=1S/C20H20N2OS2/c1-11-12(2)25-20-18(11)19(21-13(3)22-20)24-10-17(23)16-8-7-14-5-4-6-15(14)9-16/h7-9H,4-6,10H2,1-3H3. The Balaban J connectivity index is 1.59. The molecule has 4 rings (SSSR count). The summed E-state index contributed by atoms with van der Waals surface area (Å²) >= 11 is 3.24. The monoisotopic (exact) mass is 368 g/mol. The van der Waals surface area contributed by atoms with Gasteiger partial charge in [-0.05, 0) is 62.8 Å². The van der Waals surface area contributed by atoms with E-state index in [1.165, 1.54) is 39.8 Å². The molecule has 0 saturated heterocycles. The molecular weight excluding hydrogens is 348 g/mol. The van der Waals surface area contributed by atoms with Crippen molar-refractivity contribution < 1.29 is 4.79 Å². The highest BCUT2D eigenvalue weighted by Crippen LogP contribution is 2.35. The molecule has 0 N–H and O–H groups in total. The van der Waals surface area contributed by atoms with E-state index in [4.69, 9.17) is 0 Å². The Hall–Kier alpha value is -1.72. The van der Waals surface area contributed by atoms with Gasteiger partial charge in [-0.3, -0.25) is 4.79 Å². The normalized spacial score (nSPS) is 13.4. The van der Waals surface area contributed by atoms with Crippen molar-refractivity contribution in [1.29, 1.82) is 0 Å². The highest BCUT2D eigenvalue weighted by molar-refractivity contribution is 8.00. The van der Waals surface area contributed by atoms with Crippen molar-refractivity contribution in [2.45, 2.75) is 45.1 Å². The second-order valence-corrected chi connectivity index (χ2v) is 8.76. The Bertz CT molecular complexity index is 991. The third-order valence-electron chi connectivity index (χ3n) is 4.87. The molecule has 0 aliphatic heterocycles. The van der Waals surface area contributed by atoms with Gasteiger partial charge in [-0.15, -0.1) is 11.3 Å². The van der Waals surface area contributed by atoms with Gasteiger partial charge in [0.25, 0.3) is 0 Å². The fourth-order valence-electron chi connectivity index (χ4n) is 3.38. The van der Waals surface area contributed by atoms with Gasteiger partial charge in [0.05, 0.1) is 5.75 Å². The largest absolute Gasteiger partial charge is 0.293 e. The minimum absolute atomic E-state index is 0.175. The number of Topliss-reactive ketones (excluding diaryl/α,β-unsaturated/α-hetero) is 1. The van der Waals surface area contributed by atoms with Crippen LogP contribution in [0.3, 0.4) is 0 Å². The van der Waals surface area contributed by atoms with E-state index in [-0.39, 0.29) is 5.78 Å². The molecule has 0 fully saturated rings. The highest BCUT2D eigenvalue weighted by atomic mass is 32.2. The SMILES string of the molecule is Cc1nc(SCC(=O)c2ccc3c(c2)CCC3)c2c(C)c(C)sc2n1. The predicted octanol–water partition coefficient (Wildman–Crippen LogP) is 5.08. The quantitative estimate of drug-likeness (QED) is 0.366. The molecule has 0 unspecified atom stereocenters. The number of hydrogen-bond acceptors (Lipinski definition) is 5. The number of fused-ring (bicyclic) bond motifs is 2. The summed E-state index contributed by atoms with van der Waals surface area (Å²) in [5, 5.41) is 2.04. The summed E-state index contributed by atoms with van der Waals surface area (Å²) in [6.45, 7) is 6.14. The number of benzene rings is 1. The fourth-order valence-corrected chi connectivity index (χ4v) is 5.55. The fraction of sp³-hybridized carbons (Fsp3) is 0.350. The van der Waals surface area contributed by atoms with E-state index in [9.17, 15) is 4.79 Å². The van der Waals surface area contributed by atoms with Crippen molar-refractivity contribution in [1.82, 2.24) is 9.97 Å². The zero-order chi connectivity index (χ0) is 17.6. The molecule has 2 aromatic heterocycles. The number of rotatable bonds is 4. The molecule has 2 heterocycles. The first-order valence-corrected chi connectivity index (χ1v) is 10.4. The van der Waals surface area contributed by atoms with E-state index in [1.807, 2.05) is 13.0 Å². The topological polar surface area (TPSA) is 42.9 Å². The van der Waals surface area contributed by atoms with Crippen molar-refractivity contribution in [3.05, 3.63) is 51.2 Å². The van der Waals surface area contributed by atoms with E-state index in [2.05, 4.69) is 35.9 Å². The first-order chi connectivity index (χ1) is 12.0. The van der Waals surface area contributed by atoms with Crippen LogP contribution in [0, 0.1) is 20.8 Å². The molecule has 1 aliphatic carbocycles. The molecule has 1 aromatic carbocycles. The maximum absolute atomic E-state index is 12.7. The predicted molar refractivity (Wildman–Crippen MR) is 105 cm³/mol. The summed E-state index contributed by atoms with van der Waals surface area (Å²) < 4.78 is 0. The van der Waals surface area contributed by atoms with Crippen LogP contribution in [0.15, 0.2) is 23.2 Å². The van der Waals surface area contributed by atoms with Gasteiger partial charge >= 0.3 is 0 Å². The van der Waals surface area contributed by atoms with Gasteiger partial charge in [0, 0.05) is 15.8 Å². The summed E-state index contributed by atoms with van der Waals surface area (Å²) in [7, 11) is 0. The van der Waals surface area contributed by atoms with Gasteiger partial charge in [0.2, 0.25) is 0 Å². The van der Waals surface area contributed by atoms with Gasteiger partial charge in [-0.2, -0.15) is 0 Å².